The van der Waals surface area contributed by atoms with Gasteiger partial charge >= 0.3 is 12.4 Å². The van der Waals surface area contributed by atoms with Gasteiger partial charge in [-0.2, -0.15) is 26.3 Å². The van der Waals surface area contributed by atoms with Crippen LogP contribution in [0.1, 0.15) is 42.5 Å². The third kappa shape index (κ3) is 5.36. The monoisotopic (exact) mass is 591 g/mol. The second-order valence-corrected chi connectivity index (χ2v) is 11.3. The Labute approximate surface area is 228 Å². The topological polar surface area (TPSA) is 87.7 Å². The fourth-order valence-electron chi connectivity index (χ4n) is 4.87. The zero-order valence-electron chi connectivity index (χ0n) is 21.7. The number of ether oxygens (including phenoxy) is 1. The number of rotatable bonds is 8. The third-order valence-electron chi connectivity index (χ3n) is 7.40. The van der Waals surface area contributed by atoms with E-state index in [1.54, 1.807) is 23.5 Å². The first-order valence-corrected chi connectivity index (χ1v) is 13.7. The summed E-state index contributed by atoms with van der Waals surface area (Å²) in [5.74, 6) is -1.14. The number of hydrogen-bond acceptors (Lipinski definition) is 5. The van der Waals surface area contributed by atoms with Gasteiger partial charge in [0.15, 0.2) is 0 Å². The molecule has 4 rings (SSSR count). The molecule has 1 saturated carbocycles. The largest absolute Gasteiger partial charge is 0.419 e. The molecule has 2 aromatic rings. The van der Waals surface area contributed by atoms with Crippen molar-refractivity contribution in [2.45, 2.75) is 60.7 Å². The summed E-state index contributed by atoms with van der Waals surface area (Å²) in [5.41, 5.74) is -5.55. The van der Waals surface area contributed by atoms with E-state index in [0.29, 0.717) is 41.0 Å². The molecule has 2 atom stereocenters. The van der Waals surface area contributed by atoms with Gasteiger partial charge < -0.3 is 15.0 Å². The van der Waals surface area contributed by atoms with Crippen molar-refractivity contribution in [1.29, 1.82) is 0 Å². The summed E-state index contributed by atoms with van der Waals surface area (Å²) in [6.45, 7) is 0.660. The maximum atomic E-state index is 14.2. The van der Waals surface area contributed by atoms with Crippen LogP contribution in [-0.4, -0.2) is 58.8 Å². The molecule has 0 aromatic heterocycles. The number of benzene rings is 2. The lowest BCUT2D eigenvalue weighted by molar-refractivity contribution is -0.315. The van der Waals surface area contributed by atoms with Crippen molar-refractivity contribution in [3.05, 3.63) is 59.2 Å². The Balaban J connectivity index is 1.62. The first-order valence-electron chi connectivity index (χ1n) is 12.1. The fraction of sp³-hybridized carbons (Fsp3) is 0.462. The molecule has 2 N–H and O–H groups in total. The Kier molecular flexibility index (Phi) is 7.84. The number of nitrogens with one attached hydrogen (secondary N) is 2. The van der Waals surface area contributed by atoms with E-state index in [1.807, 2.05) is 0 Å². The van der Waals surface area contributed by atoms with Crippen molar-refractivity contribution in [2.24, 2.45) is 0 Å². The van der Waals surface area contributed by atoms with Crippen LogP contribution in [0.25, 0.3) is 0 Å². The predicted octanol–water partition coefficient (Wildman–Crippen LogP) is 4.55. The molecule has 1 fully saturated rings. The quantitative estimate of drug-likeness (QED) is 0.440. The van der Waals surface area contributed by atoms with Gasteiger partial charge in [-0.1, -0.05) is 18.2 Å². The van der Waals surface area contributed by atoms with E-state index in [-0.39, 0.29) is 12.2 Å². The lowest BCUT2D eigenvalue weighted by atomic mass is 9.87. The molecule has 7 nitrogen and oxygen atoms in total. The van der Waals surface area contributed by atoms with Gasteiger partial charge in [-0.05, 0) is 53.8 Å². The highest BCUT2D eigenvalue weighted by Crippen LogP contribution is 2.51. The molecule has 218 valence electrons. The smallest absolute Gasteiger partial charge is 0.377 e. The molecule has 2 amide bonds. The highest BCUT2D eigenvalue weighted by molar-refractivity contribution is 7.84. The number of anilines is 1. The second-order valence-electron chi connectivity index (χ2n) is 9.92. The lowest BCUT2D eigenvalue weighted by Gasteiger charge is -2.39. The summed E-state index contributed by atoms with van der Waals surface area (Å²) < 4.78 is 102. The Morgan fingerprint density at radius 3 is 2.12 bits per heavy atom. The predicted molar refractivity (Wildman–Crippen MR) is 134 cm³/mol. The number of carbonyl (C=O) groups is 2. The second kappa shape index (κ2) is 10.5. The van der Waals surface area contributed by atoms with Crippen LogP contribution in [0.4, 0.5) is 32.0 Å². The fourth-order valence-corrected chi connectivity index (χ4v) is 5.44. The van der Waals surface area contributed by atoms with E-state index >= 15 is 0 Å². The number of hydrogen-bond donors (Lipinski definition) is 2. The number of nitrogens with zero attached hydrogens (tertiary/aromatic N) is 1. The van der Waals surface area contributed by atoms with Gasteiger partial charge in [0.05, 0.1) is 5.60 Å². The van der Waals surface area contributed by atoms with Gasteiger partial charge in [-0.25, -0.2) is 0 Å². The summed E-state index contributed by atoms with van der Waals surface area (Å²) >= 11 is 0. The minimum absolute atomic E-state index is 0.0641. The third-order valence-corrected chi connectivity index (χ3v) is 8.32. The van der Waals surface area contributed by atoms with Gasteiger partial charge in [-0.3, -0.25) is 19.1 Å². The van der Waals surface area contributed by atoms with Crippen LogP contribution in [0.2, 0.25) is 0 Å². The Bertz CT molecular complexity index is 1310. The molecular formula is C26H27F6N3O4S. The number of methoxy groups -OCH3 is 1. The highest BCUT2D eigenvalue weighted by Gasteiger charge is 2.72. The number of fused-ring (bicyclic) bond motifs is 1. The van der Waals surface area contributed by atoms with Gasteiger partial charge in [0.2, 0.25) is 11.4 Å². The van der Waals surface area contributed by atoms with Crippen molar-refractivity contribution < 1.29 is 44.9 Å². The van der Waals surface area contributed by atoms with Gasteiger partial charge in [0, 0.05) is 54.8 Å². The molecule has 0 spiro atoms. The van der Waals surface area contributed by atoms with Gasteiger partial charge in [0.1, 0.15) is 6.04 Å². The molecule has 14 heteroatoms. The minimum atomic E-state index is -5.75. The molecule has 1 aliphatic heterocycles. The number of alkyl halides is 6. The Hall–Kier alpha value is -2.97. The molecule has 40 heavy (non-hydrogen) atoms. The molecule has 1 heterocycles. The summed E-state index contributed by atoms with van der Waals surface area (Å²) in [6.07, 6.45) is -9.37. The van der Waals surface area contributed by atoms with E-state index in [1.165, 1.54) is 25.2 Å². The van der Waals surface area contributed by atoms with Crippen LogP contribution < -0.4 is 10.6 Å². The van der Waals surface area contributed by atoms with Crippen molar-refractivity contribution in [3.8, 4) is 0 Å². The molecule has 2 unspecified atom stereocenters. The Morgan fingerprint density at radius 1 is 1.05 bits per heavy atom. The standard InChI is InChI=1S/C26H27F6N3O4S/c1-15(36)35-13-16-12-19(40(3)38)8-9-20(16)21(35)22(37)34-18-6-4-17(5-7-18)24(25(27,28)29,26(30,31)32)33-14-23(39-2)10-11-23/h4-9,12,21,33H,10-11,13-14H2,1-3H3,(H,34,37). The molecule has 2 aliphatic rings. The van der Waals surface area contributed by atoms with Crippen molar-refractivity contribution in [3.63, 3.8) is 0 Å². The van der Waals surface area contributed by atoms with E-state index in [9.17, 15) is 40.1 Å². The first kappa shape index (κ1) is 30.0. The van der Waals surface area contributed by atoms with E-state index in [2.05, 4.69) is 5.32 Å². The average Bonchev–Trinajstić information content (AvgIpc) is 3.53. The summed E-state index contributed by atoms with van der Waals surface area (Å²) in [4.78, 5) is 27.2. The molecule has 0 radical (unpaired) electrons. The van der Waals surface area contributed by atoms with Crippen LogP contribution in [0.3, 0.4) is 0 Å². The average molecular weight is 592 g/mol. The van der Waals surface area contributed by atoms with Crippen LogP contribution in [0.5, 0.6) is 0 Å². The van der Waals surface area contributed by atoms with Crippen LogP contribution in [0, 0.1) is 0 Å². The molecule has 1 aliphatic carbocycles. The van der Waals surface area contributed by atoms with Crippen molar-refractivity contribution in [1.82, 2.24) is 10.2 Å². The number of amides is 2. The SMILES string of the molecule is COC1(CNC(c2ccc(NC(=O)C3c4ccc(S(C)=O)cc4CN3C(C)=O)cc2)(C(F)(F)F)C(F)(F)F)CC1. The molecule has 2 aromatic carbocycles. The van der Waals surface area contributed by atoms with E-state index in [4.69, 9.17) is 4.74 Å². The van der Waals surface area contributed by atoms with Crippen LogP contribution >= 0.6 is 0 Å². The van der Waals surface area contributed by atoms with E-state index < -0.39 is 64.3 Å². The van der Waals surface area contributed by atoms with Crippen molar-refractivity contribution in [2.75, 3.05) is 25.2 Å². The van der Waals surface area contributed by atoms with Crippen LogP contribution in [0.15, 0.2) is 47.4 Å². The first-order chi connectivity index (χ1) is 18.5. The van der Waals surface area contributed by atoms with Crippen molar-refractivity contribution >= 4 is 28.3 Å². The Morgan fingerprint density at radius 2 is 1.65 bits per heavy atom. The molecule has 0 bridgehead atoms. The normalized spacial score (nSPS) is 19.2. The van der Waals surface area contributed by atoms with Gasteiger partial charge in [-0.15, -0.1) is 0 Å². The van der Waals surface area contributed by atoms with Gasteiger partial charge in [0.25, 0.3) is 5.91 Å². The van der Waals surface area contributed by atoms with Crippen LogP contribution in [-0.2, 0) is 37.2 Å². The highest BCUT2D eigenvalue weighted by atomic mass is 32.2. The number of halogens is 6. The molecule has 0 saturated heterocycles. The summed E-state index contributed by atoms with van der Waals surface area (Å²) in [7, 11) is -0.0689. The maximum absolute atomic E-state index is 14.2. The zero-order valence-corrected chi connectivity index (χ0v) is 22.5. The van der Waals surface area contributed by atoms with E-state index in [0.717, 1.165) is 12.1 Å². The summed E-state index contributed by atoms with van der Waals surface area (Å²) in [6, 6.07) is 6.87. The maximum Gasteiger partial charge on any atom is 0.419 e. The zero-order chi connectivity index (χ0) is 29.7. The summed E-state index contributed by atoms with van der Waals surface area (Å²) in [5, 5.41) is 4.18. The minimum Gasteiger partial charge on any atom is -0.377 e. The molecular weight excluding hydrogens is 564 g/mol. The number of carbonyl (C=O) groups excluding carboxylic acids is 2. The lowest BCUT2D eigenvalue weighted by Crippen LogP contribution is -2.64.